The SMILES string of the molecule is [2H]c1c([2H])c([2H])c(-n2c3ccc(-c4ccccc4)c4ccc5c(-c6ccc(-n7c(-c8ccccc8)nc8ccccc87)cc6)ccc2c5c43)c([2H])c1[2H]. The van der Waals surface area contributed by atoms with Crippen molar-refractivity contribution in [3.8, 4) is 45.0 Å². The van der Waals surface area contributed by atoms with E-state index in [-0.39, 0.29) is 29.9 Å². The second kappa shape index (κ2) is 10.5. The maximum Gasteiger partial charge on any atom is 0.145 e. The third-order valence-electron chi connectivity index (χ3n) is 9.42. The first kappa shape index (κ1) is 22.1. The van der Waals surface area contributed by atoms with Gasteiger partial charge >= 0.3 is 0 Å². The second-order valence-electron chi connectivity index (χ2n) is 12.0. The Morgan fingerprint density at radius 3 is 1.62 bits per heavy atom. The lowest BCUT2D eigenvalue weighted by Gasteiger charge is -2.13. The van der Waals surface area contributed by atoms with Crippen LogP contribution < -0.4 is 0 Å². The minimum atomic E-state index is -0.409. The third-order valence-corrected chi connectivity index (χ3v) is 9.42. The summed E-state index contributed by atoms with van der Waals surface area (Å²) in [5, 5.41) is 4.02. The summed E-state index contributed by atoms with van der Waals surface area (Å²) in [7, 11) is 0. The summed E-state index contributed by atoms with van der Waals surface area (Å²) in [5.41, 5.74) is 9.91. The molecule has 0 aliphatic rings. The van der Waals surface area contributed by atoms with Crippen LogP contribution in [0, 0.1) is 0 Å². The minimum absolute atomic E-state index is 0.140. The van der Waals surface area contributed by atoms with E-state index in [0.29, 0.717) is 0 Å². The highest BCUT2D eigenvalue weighted by Gasteiger charge is 2.21. The van der Waals surface area contributed by atoms with Crippen molar-refractivity contribution in [1.82, 2.24) is 14.1 Å². The van der Waals surface area contributed by atoms with Gasteiger partial charge in [0.25, 0.3) is 0 Å². The lowest BCUT2D eigenvalue weighted by atomic mass is 9.91. The van der Waals surface area contributed by atoms with Gasteiger partial charge in [0.05, 0.1) is 28.9 Å². The molecule has 224 valence electrons. The first-order valence-corrected chi connectivity index (χ1v) is 16.0. The molecule has 0 amide bonds. The molecule has 10 rings (SSSR count). The van der Waals surface area contributed by atoms with Crippen molar-refractivity contribution in [2.24, 2.45) is 0 Å². The van der Waals surface area contributed by atoms with Crippen molar-refractivity contribution < 1.29 is 6.85 Å². The number of fused-ring (bicyclic) bond motifs is 1. The zero-order chi connectivity index (χ0) is 36.0. The fraction of sp³-hybridized carbons (Fsp3) is 0. The molecule has 0 atom stereocenters. The van der Waals surface area contributed by atoms with Crippen molar-refractivity contribution >= 4 is 43.6 Å². The molecular weight excluding hydrogens is 583 g/mol. The molecule has 0 N–H and O–H groups in total. The number of rotatable bonds is 5. The molecule has 0 unspecified atom stereocenters. The molecule has 0 bridgehead atoms. The normalized spacial score (nSPS) is 13.2. The fourth-order valence-electron chi connectivity index (χ4n) is 7.33. The van der Waals surface area contributed by atoms with Gasteiger partial charge in [-0.3, -0.25) is 4.57 Å². The van der Waals surface area contributed by atoms with E-state index in [9.17, 15) is 0 Å². The second-order valence-corrected chi connectivity index (χ2v) is 12.0. The monoisotopic (exact) mass is 616 g/mol. The lowest BCUT2D eigenvalue weighted by Crippen LogP contribution is -1.97. The van der Waals surface area contributed by atoms with Crippen molar-refractivity contribution in [1.29, 1.82) is 0 Å². The number of imidazole rings is 1. The Balaban J connectivity index is 1.21. The molecule has 0 radical (unpaired) electrons. The molecule has 8 aromatic carbocycles. The summed E-state index contributed by atoms with van der Waals surface area (Å²) in [6.07, 6.45) is 0. The van der Waals surface area contributed by atoms with Gasteiger partial charge in [-0.05, 0) is 81.5 Å². The maximum atomic E-state index is 8.92. The van der Waals surface area contributed by atoms with Gasteiger partial charge in [-0.1, -0.05) is 127 Å². The Bertz CT molecular complexity index is 3010. The van der Waals surface area contributed by atoms with E-state index in [1.165, 1.54) is 0 Å². The number of hydrogen-bond donors (Lipinski definition) is 0. The number of para-hydroxylation sites is 3. The summed E-state index contributed by atoms with van der Waals surface area (Å²) in [6.45, 7) is 0. The Morgan fingerprint density at radius 2 is 0.979 bits per heavy atom. The number of aromatic nitrogens is 3. The molecule has 10 aromatic rings. The number of hydrogen-bond acceptors (Lipinski definition) is 1. The van der Waals surface area contributed by atoms with Crippen LogP contribution in [-0.4, -0.2) is 14.1 Å². The van der Waals surface area contributed by atoms with Gasteiger partial charge in [0.2, 0.25) is 0 Å². The summed E-state index contributed by atoms with van der Waals surface area (Å²) in [5.74, 6) is 0.876. The molecule has 2 aromatic heterocycles. The van der Waals surface area contributed by atoms with E-state index in [0.717, 1.165) is 82.9 Å². The van der Waals surface area contributed by atoms with Gasteiger partial charge < -0.3 is 4.57 Å². The van der Waals surface area contributed by atoms with E-state index >= 15 is 0 Å². The van der Waals surface area contributed by atoms with Gasteiger partial charge in [-0.25, -0.2) is 4.98 Å². The molecule has 3 heteroatoms. The summed E-state index contributed by atoms with van der Waals surface area (Å²) >= 11 is 0. The summed E-state index contributed by atoms with van der Waals surface area (Å²) in [4.78, 5) is 5.01. The Hall–Kier alpha value is -6.45. The van der Waals surface area contributed by atoms with Crippen LogP contribution in [0.2, 0.25) is 0 Å². The molecule has 0 aliphatic heterocycles. The first-order chi connectivity index (χ1) is 25.9. The highest BCUT2D eigenvalue weighted by Crippen LogP contribution is 2.45. The molecule has 0 saturated heterocycles. The van der Waals surface area contributed by atoms with Crippen LogP contribution in [0.15, 0.2) is 176 Å². The van der Waals surface area contributed by atoms with E-state index in [1.807, 2.05) is 71.3 Å². The molecule has 0 aliphatic carbocycles. The van der Waals surface area contributed by atoms with Gasteiger partial charge in [-0.2, -0.15) is 0 Å². The van der Waals surface area contributed by atoms with E-state index in [2.05, 4.69) is 83.4 Å². The van der Waals surface area contributed by atoms with Crippen LogP contribution in [-0.2, 0) is 0 Å². The van der Waals surface area contributed by atoms with Gasteiger partial charge in [0.1, 0.15) is 5.82 Å². The average Bonchev–Trinajstić information content (AvgIpc) is 3.76. The molecule has 0 fully saturated rings. The van der Waals surface area contributed by atoms with Crippen LogP contribution in [0.25, 0.3) is 88.6 Å². The molecule has 0 saturated carbocycles. The summed E-state index contributed by atoms with van der Waals surface area (Å²) in [6, 6.07) is 48.1. The van der Waals surface area contributed by atoms with Crippen LogP contribution in [0.5, 0.6) is 0 Å². The Kier molecular flexibility index (Phi) is 4.86. The van der Waals surface area contributed by atoms with Crippen LogP contribution in [0.1, 0.15) is 6.85 Å². The van der Waals surface area contributed by atoms with Crippen LogP contribution in [0.4, 0.5) is 0 Å². The van der Waals surface area contributed by atoms with Gasteiger partial charge in [0.15, 0.2) is 0 Å². The minimum Gasteiger partial charge on any atom is -0.309 e. The Morgan fingerprint density at radius 1 is 0.417 bits per heavy atom. The molecular formula is C45H29N3. The number of nitrogens with zero attached hydrogens (tertiary/aromatic N) is 3. The Labute approximate surface area is 285 Å². The molecule has 0 spiro atoms. The maximum absolute atomic E-state index is 8.92. The van der Waals surface area contributed by atoms with Crippen molar-refractivity contribution in [3.63, 3.8) is 0 Å². The summed E-state index contributed by atoms with van der Waals surface area (Å²) < 4.78 is 47.1. The van der Waals surface area contributed by atoms with Crippen LogP contribution in [0.3, 0.4) is 0 Å². The molecule has 2 heterocycles. The van der Waals surface area contributed by atoms with E-state index in [4.69, 9.17) is 11.8 Å². The lowest BCUT2D eigenvalue weighted by molar-refractivity contribution is 1.10. The van der Waals surface area contributed by atoms with E-state index in [1.54, 1.807) is 0 Å². The standard InChI is InChI=1S/C45H29N3/c1-4-12-30(13-5-1)35-26-28-41-43-37(35)24-25-38-36(27-29-42(44(38)43)47(41)33-16-8-3-9-17-33)31-20-22-34(23-21-31)48-40-19-11-10-18-39(40)46-45(48)32-14-6-2-7-15-32/h1-29H/i3D,8D,9D,16D,17D. The zero-order valence-electron chi connectivity index (χ0n) is 30.7. The van der Waals surface area contributed by atoms with Crippen LogP contribution >= 0.6 is 0 Å². The largest absolute Gasteiger partial charge is 0.309 e. The predicted molar refractivity (Wildman–Crippen MR) is 200 cm³/mol. The average molecular weight is 617 g/mol. The van der Waals surface area contributed by atoms with Gasteiger partial charge in [-0.15, -0.1) is 0 Å². The predicted octanol–water partition coefficient (Wildman–Crippen LogP) is 11.7. The van der Waals surface area contributed by atoms with Crippen molar-refractivity contribution in [2.75, 3.05) is 0 Å². The third kappa shape index (κ3) is 3.98. The topological polar surface area (TPSA) is 22.8 Å². The van der Waals surface area contributed by atoms with Gasteiger partial charge in [0, 0.05) is 27.7 Å². The zero-order valence-corrected chi connectivity index (χ0v) is 25.7. The van der Waals surface area contributed by atoms with E-state index < -0.39 is 6.04 Å². The molecule has 48 heavy (non-hydrogen) atoms. The number of benzene rings is 8. The quantitative estimate of drug-likeness (QED) is 0.176. The highest BCUT2D eigenvalue weighted by atomic mass is 15.1. The smallest absolute Gasteiger partial charge is 0.145 e. The van der Waals surface area contributed by atoms with Crippen molar-refractivity contribution in [2.45, 2.75) is 0 Å². The fourth-order valence-corrected chi connectivity index (χ4v) is 7.33. The van der Waals surface area contributed by atoms with Crippen molar-refractivity contribution in [3.05, 3.63) is 176 Å². The first-order valence-electron chi connectivity index (χ1n) is 18.5. The highest BCUT2D eigenvalue weighted by molar-refractivity contribution is 6.28. The molecule has 3 nitrogen and oxygen atoms in total.